The predicted molar refractivity (Wildman–Crippen MR) is 68.2 cm³/mol. The van der Waals surface area contributed by atoms with Gasteiger partial charge in [0.05, 0.1) is 6.61 Å². The summed E-state index contributed by atoms with van der Waals surface area (Å²) < 4.78 is 25.2. The summed E-state index contributed by atoms with van der Waals surface area (Å²) in [7, 11) is 0. The Hall–Kier alpha value is -2.16. The number of carbonyl (C=O) groups is 4. The minimum atomic E-state index is -1.27. The Kier molecular flexibility index (Phi) is 6.29. The molecule has 22 heavy (non-hydrogen) atoms. The van der Waals surface area contributed by atoms with Crippen molar-refractivity contribution in [2.24, 2.45) is 0 Å². The molecule has 1 rings (SSSR count). The van der Waals surface area contributed by atoms with Crippen molar-refractivity contribution >= 4 is 23.9 Å². The van der Waals surface area contributed by atoms with Gasteiger partial charge in [-0.2, -0.15) is 0 Å². The molecule has 0 aromatic rings. The zero-order chi connectivity index (χ0) is 16.9. The highest BCUT2D eigenvalue weighted by atomic mass is 16.7. The van der Waals surface area contributed by atoms with Gasteiger partial charge >= 0.3 is 23.9 Å². The predicted octanol–water partition coefficient (Wildman–Crippen LogP) is -0.299. The van der Waals surface area contributed by atoms with Crippen molar-refractivity contribution in [1.29, 1.82) is 0 Å². The normalized spacial score (nSPS) is 27.5. The van der Waals surface area contributed by atoms with Crippen LogP contribution in [0.4, 0.5) is 0 Å². The van der Waals surface area contributed by atoms with Gasteiger partial charge in [0.2, 0.25) is 12.4 Å². The van der Waals surface area contributed by atoms with Crippen molar-refractivity contribution in [1.82, 2.24) is 0 Å². The van der Waals surface area contributed by atoms with Gasteiger partial charge in [0, 0.05) is 27.7 Å². The first-order chi connectivity index (χ1) is 10.2. The van der Waals surface area contributed by atoms with Crippen LogP contribution in [0.5, 0.6) is 0 Å². The Bertz CT molecular complexity index is 416. The Morgan fingerprint density at radius 3 is 1.64 bits per heavy atom. The first kappa shape index (κ1) is 17.9. The fraction of sp³-hybridized carbons (Fsp3) is 0.692. The molecule has 0 aromatic heterocycles. The summed E-state index contributed by atoms with van der Waals surface area (Å²) in [6.45, 7) is 4.40. The highest BCUT2D eigenvalue weighted by molar-refractivity contribution is 5.69. The minimum absolute atomic E-state index is 0.187. The van der Waals surface area contributed by atoms with E-state index in [1.54, 1.807) is 0 Å². The smallest absolute Gasteiger partial charge is 0.305 e. The first-order valence-corrected chi connectivity index (χ1v) is 6.51. The molecule has 0 amide bonds. The van der Waals surface area contributed by atoms with Crippen LogP contribution in [-0.4, -0.2) is 55.1 Å². The van der Waals surface area contributed by atoms with Crippen LogP contribution < -0.4 is 0 Å². The number of rotatable bonds is 4. The van der Waals surface area contributed by atoms with E-state index in [0.717, 1.165) is 20.8 Å². The minimum Gasteiger partial charge on any atom is -0.456 e. The molecule has 9 nitrogen and oxygen atoms in total. The first-order valence-electron chi connectivity index (χ1n) is 6.51. The maximum Gasteiger partial charge on any atom is 0.305 e. The van der Waals surface area contributed by atoms with Gasteiger partial charge in [-0.1, -0.05) is 0 Å². The van der Waals surface area contributed by atoms with E-state index in [2.05, 4.69) is 0 Å². The molecule has 1 aliphatic rings. The van der Waals surface area contributed by atoms with Crippen LogP contribution in [0.2, 0.25) is 0 Å². The number of esters is 4. The highest BCUT2D eigenvalue weighted by Gasteiger charge is 2.48. The summed E-state index contributed by atoms with van der Waals surface area (Å²) in [6.07, 6.45) is -4.65. The second kappa shape index (κ2) is 7.74. The summed E-state index contributed by atoms with van der Waals surface area (Å²) in [5, 5.41) is 0. The molecule has 1 saturated heterocycles. The number of ether oxygens (including phenoxy) is 5. The maximum absolute atomic E-state index is 11.3. The van der Waals surface area contributed by atoms with Crippen LogP contribution in [-0.2, 0) is 42.9 Å². The fourth-order valence-corrected chi connectivity index (χ4v) is 1.97. The average molecular weight is 318 g/mol. The topological polar surface area (TPSA) is 114 Å². The lowest BCUT2D eigenvalue weighted by molar-refractivity contribution is -0.273. The van der Waals surface area contributed by atoms with Gasteiger partial charge in [-0.3, -0.25) is 19.2 Å². The van der Waals surface area contributed by atoms with E-state index in [1.165, 1.54) is 6.92 Å². The van der Waals surface area contributed by atoms with Gasteiger partial charge in [-0.15, -0.1) is 0 Å². The van der Waals surface area contributed by atoms with Crippen molar-refractivity contribution in [3.8, 4) is 0 Å². The lowest BCUT2D eigenvalue weighted by Crippen LogP contribution is -2.58. The van der Waals surface area contributed by atoms with Crippen molar-refractivity contribution in [2.75, 3.05) is 6.61 Å². The third-order valence-electron chi connectivity index (χ3n) is 2.59. The van der Waals surface area contributed by atoms with Crippen LogP contribution in [0.15, 0.2) is 0 Å². The summed E-state index contributed by atoms with van der Waals surface area (Å²) in [5.74, 6) is -2.68. The van der Waals surface area contributed by atoms with Gasteiger partial charge < -0.3 is 23.7 Å². The zero-order valence-electron chi connectivity index (χ0n) is 12.7. The Morgan fingerprint density at radius 1 is 0.727 bits per heavy atom. The molecule has 1 fully saturated rings. The molecule has 0 saturated carbocycles. The van der Waals surface area contributed by atoms with E-state index in [4.69, 9.17) is 23.7 Å². The van der Waals surface area contributed by atoms with Crippen molar-refractivity contribution in [3.05, 3.63) is 0 Å². The number of carbonyl (C=O) groups excluding carboxylic acids is 4. The second-order valence-corrected chi connectivity index (χ2v) is 4.61. The van der Waals surface area contributed by atoms with E-state index in [-0.39, 0.29) is 6.61 Å². The van der Waals surface area contributed by atoms with Gasteiger partial charge in [-0.25, -0.2) is 0 Å². The molecular formula is C13H18O9. The van der Waals surface area contributed by atoms with Crippen LogP contribution in [0.3, 0.4) is 0 Å². The quantitative estimate of drug-likeness (QED) is 0.509. The summed E-state index contributed by atoms with van der Waals surface area (Å²) in [4.78, 5) is 44.7. The van der Waals surface area contributed by atoms with E-state index in [0.29, 0.717) is 0 Å². The third kappa shape index (κ3) is 5.32. The molecule has 4 atom stereocenters. The molecule has 0 aliphatic carbocycles. The van der Waals surface area contributed by atoms with Crippen LogP contribution in [0.25, 0.3) is 0 Å². The third-order valence-corrected chi connectivity index (χ3v) is 2.59. The molecule has 0 spiro atoms. The monoisotopic (exact) mass is 318 g/mol. The lowest BCUT2D eigenvalue weighted by Gasteiger charge is -2.39. The molecule has 1 unspecified atom stereocenters. The van der Waals surface area contributed by atoms with Gasteiger partial charge in [0.15, 0.2) is 12.2 Å². The summed E-state index contributed by atoms with van der Waals surface area (Å²) in [6, 6.07) is 0. The lowest BCUT2D eigenvalue weighted by atomic mass is 10.0. The average Bonchev–Trinajstić information content (AvgIpc) is 2.34. The van der Waals surface area contributed by atoms with Crippen molar-refractivity contribution in [3.63, 3.8) is 0 Å². The van der Waals surface area contributed by atoms with Crippen LogP contribution >= 0.6 is 0 Å². The zero-order valence-corrected chi connectivity index (χ0v) is 12.7. The standard InChI is InChI=1S/C13H18O9/c1-6(14)19-10-5-18-13(22-9(4)17)12(21-8(3)16)11(10)20-7(2)15/h10-13H,5H2,1-4H3/t10-,11?,12-,13+/m0/s1. The van der Waals surface area contributed by atoms with Crippen LogP contribution in [0, 0.1) is 0 Å². The number of hydrogen-bond acceptors (Lipinski definition) is 9. The summed E-state index contributed by atoms with van der Waals surface area (Å²) in [5.41, 5.74) is 0. The van der Waals surface area contributed by atoms with E-state index in [9.17, 15) is 19.2 Å². The van der Waals surface area contributed by atoms with Crippen molar-refractivity contribution in [2.45, 2.75) is 52.3 Å². The van der Waals surface area contributed by atoms with Gasteiger partial charge in [0.25, 0.3) is 0 Å². The Morgan fingerprint density at radius 2 is 1.18 bits per heavy atom. The molecule has 0 N–H and O–H groups in total. The van der Waals surface area contributed by atoms with E-state index in [1.807, 2.05) is 0 Å². The maximum atomic E-state index is 11.3. The Balaban J connectivity index is 3.03. The molecule has 124 valence electrons. The van der Waals surface area contributed by atoms with Crippen molar-refractivity contribution < 1.29 is 42.9 Å². The molecule has 0 aromatic carbocycles. The molecule has 9 heteroatoms. The van der Waals surface area contributed by atoms with E-state index >= 15 is 0 Å². The molecule has 0 radical (unpaired) electrons. The summed E-state index contributed by atoms with van der Waals surface area (Å²) >= 11 is 0. The fourth-order valence-electron chi connectivity index (χ4n) is 1.97. The highest BCUT2D eigenvalue weighted by Crippen LogP contribution is 2.25. The number of hydrogen-bond donors (Lipinski definition) is 0. The molecule has 1 aliphatic heterocycles. The Labute approximate surface area is 126 Å². The SMILES string of the molecule is CC(=O)OC1[C@@H](OC(C)=O)CO[C@H](OC(C)=O)[C@H]1OC(C)=O. The molecule has 1 heterocycles. The van der Waals surface area contributed by atoms with E-state index < -0.39 is 48.5 Å². The molecular weight excluding hydrogens is 300 g/mol. The largest absolute Gasteiger partial charge is 0.456 e. The van der Waals surface area contributed by atoms with Gasteiger partial charge in [-0.05, 0) is 0 Å². The van der Waals surface area contributed by atoms with Gasteiger partial charge in [0.1, 0.15) is 0 Å². The molecule has 0 bridgehead atoms. The van der Waals surface area contributed by atoms with Crippen LogP contribution in [0.1, 0.15) is 27.7 Å². The second-order valence-electron chi connectivity index (χ2n) is 4.61.